The molecule has 0 aliphatic heterocycles. The minimum absolute atomic E-state index is 0.168. The van der Waals surface area contributed by atoms with Crippen LogP contribution in [0.4, 0.5) is 4.39 Å². The third-order valence-electron chi connectivity index (χ3n) is 3.62. The fourth-order valence-electron chi connectivity index (χ4n) is 2.64. The lowest BCUT2D eigenvalue weighted by atomic mass is 9.96. The van der Waals surface area contributed by atoms with E-state index in [1.165, 1.54) is 51.0 Å². The molecule has 3 heteroatoms. The molecule has 1 N–H and O–H groups in total. The smallest absolute Gasteiger partial charge is 0.124 e. The predicted molar refractivity (Wildman–Crippen MR) is 77.0 cm³/mol. The quantitative estimate of drug-likeness (QED) is 0.846. The summed E-state index contributed by atoms with van der Waals surface area (Å²) in [5.74, 6) is -0.168. The van der Waals surface area contributed by atoms with E-state index in [9.17, 15) is 4.39 Å². The van der Waals surface area contributed by atoms with Crippen LogP contribution in [0.15, 0.2) is 22.7 Å². The molecule has 0 atom stereocenters. The maximum atomic E-state index is 13.3. The predicted octanol–water partition coefficient (Wildman–Crippen LogP) is 4.79. The van der Waals surface area contributed by atoms with Gasteiger partial charge in [0.1, 0.15) is 5.82 Å². The van der Waals surface area contributed by atoms with Gasteiger partial charge in [-0.15, -0.1) is 0 Å². The van der Waals surface area contributed by atoms with E-state index >= 15 is 0 Å². The monoisotopic (exact) mass is 313 g/mol. The van der Waals surface area contributed by atoms with Crippen LogP contribution in [0.5, 0.6) is 0 Å². The van der Waals surface area contributed by atoms with Crippen LogP contribution in [0.2, 0.25) is 0 Å². The number of rotatable bonds is 3. The van der Waals surface area contributed by atoms with Crippen molar-refractivity contribution >= 4 is 15.9 Å². The minimum atomic E-state index is -0.168. The van der Waals surface area contributed by atoms with Crippen LogP contribution in [-0.2, 0) is 6.54 Å². The summed E-state index contributed by atoms with van der Waals surface area (Å²) < 4.78 is 14.1. The molecule has 1 saturated carbocycles. The zero-order chi connectivity index (χ0) is 12.8. The van der Waals surface area contributed by atoms with Crippen LogP contribution in [-0.4, -0.2) is 6.04 Å². The van der Waals surface area contributed by atoms with Gasteiger partial charge in [0.15, 0.2) is 0 Å². The fourth-order valence-corrected chi connectivity index (χ4v) is 3.15. The molecular formula is C15H21BrFN. The van der Waals surface area contributed by atoms with Crippen molar-refractivity contribution < 1.29 is 4.39 Å². The Morgan fingerprint density at radius 1 is 1.06 bits per heavy atom. The molecule has 0 unspecified atom stereocenters. The zero-order valence-electron chi connectivity index (χ0n) is 10.7. The topological polar surface area (TPSA) is 12.0 Å². The molecular weight excluding hydrogens is 293 g/mol. The minimum Gasteiger partial charge on any atom is -0.310 e. The second-order valence-electron chi connectivity index (χ2n) is 5.20. The van der Waals surface area contributed by atoms with Crippen molar-refractivity contribution in [3.63, 3.8) is 0 Å². The van der Waals surface area contributed by atoms with Gasteiger partial charge in [-0.3, -0.25) is 0 Å². The molecule has 100 valence electrons. The van der Waals surface area contributed by atoms with Crippen molar-refractivity contribution in [1.82, 2.24) is 5.32 Å². The zero-order valence-corrected chi connectivity index (χ0v) is 12.3. The van der Waals surface area contributed by atoms with Crippen LogP contribution in [0, 0.1) is 5.82 Å². The number of benzene rings is 1. The van der Waals surface area contributed by atoms with Gasteiger partial charge in [-0.25, -0.2) is 4.39 Å². The van der Waals surface area contributed by atoms with Crippen LogP contribution < -0.4 is 5.32 Å². The maximum Gasteiger partial charge on any atom is 0.124 e. The van der Waals surface area contributed by atoms with E-state index in [1.54, 1.807) is 6.07 Å². The molecule has 1 nitrogen and oxygen atoms in total. The van der Waals surface area contributed by atoms with Gasteiger partial charge in [-0.1, -0.05) is 48.0 Å². The molecule has 0 saturated heterocycles. The molecule has 1 aliphatic carbocycles. The standard InChI is InChI=1S/C15H21BrFN/c16-13-8-12(9-14(17)10-13)11-18-15-6-4-2-1-3-5-7-15/h8-10,15,18H,1-7,11H2. The van der Waals surface area contributed by atoms with E-state index < -0.39 is 0 Å². The highest BCUT2D eigenvalue weighted by atomic mass is 79.9. The maximum absolute atomic E-state index is 13.3. The Kier molecular flexibility index (Phi) is 5.64. The first kappa shape index (κ1) is 14.0. The van der Waals surface area contributed by atoms with Crippen molar-refractivity contribution in [1.29, 1.82) is 0 Å². The van der Waals surface area contributed by atoms with Crippen molar-refractivity contribution in [3.05, 3.63) is 34.1 Å². The van der Waals surface area contributed by atoms with Crippen LogP contribution >= 0.6 is 15.9 Å². The third-order valence-corrected chi connectivity index (χ3v) is 4.08. The highest BCUT2D eigenvalue weighted by Crippen LogP contribution is 2.18. The Hall–Kier alpha value is -0.410. The lowest BCUT2D eigenvalue weighted by Gasteiger charge is -2.21. The molecule has 2 rings (SSSR count). The van der Waals surface area contributed by atoms with Crippen molar-refractivity contribution in [2.75, 3.05) is 0 Å². The van der Waals surface area contributed by atoms with Gasteiger partial charge >= 0.3 is 0 Å². The fraction of sp³-hybridized carbons (Fsp3) is 0.600. The Morgan fingerprint density at radius 2 is 1.72 bits per heavy atom. The number of hydrogen-bond acceptors (Lipinski definition) is 1. The molecule has 0 bridgehead atoms. The normalized spacial score (nSPS) is 18.3. The van der Waals surface area contributed by atoms with Crippen LogP contribution in [0.3, 0.4) is 0 Å². The van der Waals surface area contributed by atoms with E-state index in [0.29, 0.717) is 6.04 Å². The third kappa shape index (κ3) is 4.69. The first-order valence-electron chi connectivity index (χ1n) is 6.92. The summed E-state index contributed by atoms with van der Waals surface area (Å²) in [4.78, 5) is 0. The Balaban J connectivity index is 1.85. The molecule has 0 heterocycles. The van der Waals surface area contributed by atoms with E-state index in [2.05, 4.69) is 21.2 Å². The van der Waals surface area contributed by atoms with Gasteiger partial charge in [0, 0.05) is 17.1 Å². The van der Waals surface area contributed by atoms with Gasteiger partial charge < -0.3 is 5.32 Å². The molecule has 1 fully saturated rings. The second-order valence-corrected chi connectivity index (χ2v) is 6.12. The SMILES string of the molecule is Fc1cc(Br)cc(CNC2CCCCCCC2)c1. The Bertz CT molecular complexity index is 353. The number of halogens is 2. The molecule has 0 spiro atoms. The van der Waals surface area contributed by atoms with E-state index in [0.717, 1.165) is 16.6 Å². The van der Waals surface area contributed by atoms with Crippen LogP contribution in [0.25, 0.3) is 0 Å². The lowest BCUT2D eigenvalue weighted by Crippen LogP contribution is -2.29. The molecule has 1 aromatic rings. The largest absolute Gasteiger partial charge is 0.310 e. The number of nitrogens with one attached hydrogen (secondary N) is 1. The summed E-state index contributed by atoms with van der Waals surface area (Å²) in [5, 5.41) is 3.57. The summed E-state index contributed by atoms with van der Waals surface area (Å²) in [7, 11) is 0. The highest BCUT2D eigenvalue weighted by molar-refractivity contribution is 9.10. The average Bonchev–Trinajstić information content (AvgIpc) is 2.26. The van der Waals surface area contributed by atoms with Gasteiger partial charge in [-0.2, -0.15) is 0 Å². The highest BCUT2D eigenvalue weighted by Gasteiger charge is 2.10. The number of hydrogen-bond donors (Lipinski definition) is 1. The van der Waals surface area contributed by atoms with Crippen molar-refractivity contribution in [3.8, 4) is 0 Å². The van der Waals surface area contributed by atoms with Crippen LogP contribution in [0.1, 0.15) is 50.5 Å². The second kappa shape index (κ2) is 7.25. The van der Waals surface area contributed by atoms with Crippen molar-refractivity contribution in [2.45, 2.75) is 57.5 Å². The Labute approximate surface area is 117 Å². The lowest BCUT2D eigenvalue weighted by molar-refractivity contribution is 0.388. The molecule has 1 aromatic carbocycles. The van der Waals surface area contributed by atoms with Crippen molar-refractivity contribution in [2.24, 2.45) is 0 Å². The molecule has 0 aromatic heterocycles. The molecule has 1 aliphatic rings. The van der Waals surface area contributed by atoms with Gasteiger partial charge in [0.25, 0.3) is 0 Å². The van der Waals surface area contributed by atoms with E-state index in [1.807, 2.05) is 6.07 Å². The summed E-state index contributed by atoms with van der Waals surface area (Å²) in [6.45, 7) is 0.765. The Morgan fingerprint density at radius 3 is 2.39 bits per heavy atom. The van der Waals surface area contributed by atoms with E-state index in [-0.39, 0.29) is 5.82 Å². The van der Waals surface area contributed by atoms with Gasteiger partial charge in [-0.05, 0) is 36.6 Å². The summed E-state index contributed by atoms with van der Waals surface area (Å²) in [6.07, 6.45) is 9.29. The summed E-state index contributed by atoms with van der Waals surface area (Å²) in [5.41, 5.74) is 1.02. The average molecular weight is 314 g/mol. The first-order valence-corrected chi connectivity index (χ1v) is 7.72. The summed E-state index contributed by atoms with van der Waals surface area (Å²) in [6, 6.07) is 5.70. The van der Waals surface area contributed by atoms with Gasteiger partial charge in [0.2, 0.25) is 0 Å². The van der Waals surface area contributed by atoms with E-state index in [4.69, 9.17) is 0 Å². The molecule has 18 heavy (non-hydrogen) atoms. The first-order chi connectivity index (χ1) is 8.74. The van der Waals surface area contributed by atoms with Gasteiger partial charge in [0.05, 0.1) is 0 Å². The molecule has 0 radical (unpaired) electrons. The summed E-state index contributed by atoms with van der Waals surface area (Å²) >= 11 is 3.33. The molecule has 0 amide bonds.